The Labute approximate surface area is 159 Å². The molecule has 0 atom stereocenters. The first-order valence-electron chi connectivity index (χ1n) is 8.26. The third-order valence-corrected chi connectivity index (χ3v) is 4.14. The van der Waals surface area contributed by atoms with E-state index in [0.29, 0.717) is 5.56 Å². The lowest BCUT2D eigenvalue weighted by Gasteiger charge is -2.11. The Hall–Kier alpha value is -3.48. The van der Waals surface area contributed by atoms with Crippen molar-refractivity contribution in [2.45, 2.75) is 12.8 Å². The minimum Gasteiger partial charge on any atom is -0.489 e. The van der Waals surface area contributed by atoms with Crippen molar-refractivity contribution in [2.75, 3.05) is 5.73 Å². The summed E-state index contributed by atoms with van der Waals surface area (Å²) in [5.74, 6) is -0.978. The standard InChI is InChI=1S/C21H16F3NO3/c22-21(23,24)16-2-1-3-17(11-16)28-12-13-4-6-14(7-5-13)15-8-9-19(25)18(10-15)20(26)27/h1-11H,12,25H2,(H,26,27). The molecule has 0 aliphatic heterocycles. The lowest BCUT2D eigenvalue weighted by Crippen LogP contribution is -2.05. The first-order valence-corrected chi connectivity index (χ1v) is 8.26. The van der Waals surface area contributed by atoms with Gasteiger partial charge in [0.25, 0.3) is 0 Å². The molecule has 0 bridgehead atoms. The van der Waals surface area contributed by atoms with Crippen molar-refractivity contribution < 1.29 is 27.8 Å². The molecule has 3 rings (SSSR count). The van der Waals surface area contributed by atoms with Crippen molar-refractivity contribution in [2.24, 2.45) is 0 Å². The van der Waals surface area contributed by atoms with Gasteiger partial charge in [-0.05, 0) is 47.0 Å². The summed E-state index contributed by atoms with van der Waals surface area (Å²) in [6, 6.07) is 16.5. The average Bonchev–Trinajstić information content (AvgIpc) is 2.66. The average molecular weight is 387 g/mol. The fraction of sp³-hybridized carbons (Fsp3) is 0.0952. The highest BCUT2D eigenvalue weighted by Crippen LogP contribution is 2.31. The molecule has 3 N–H and O–H groups in total. The minimum absolute atomic E-state index is 0.0226. The number of ether oxygens (including phenoxy) is 1. The number of hydrogen-bond acceptors (Lipinski definition) is 3. The summed E-state index contributed by atoms with van der Waals surface area (Å²) in [6.07, 6.45) is -4.42. The molecular weight excluding hydrogens is 371 g/mol. The van der Waals surface area contributed by atoms with Gasteiger partial charge in [-0.25, -0.2) is 4.79 Å². The Morgan fingerprint density at radius 2 is 1.64 bits per heavy atom. The van der Waals surface area contributed by atoms with E-state index in [1.807, 2.05) is 0 Å². The highest BCUT2D eigenvalue weighted by Gasteiger charge is 2.30. The molecule has 0 radical (unpaired) electrons. The molecular formula is C21H16F3NO3. The van der Waals surface area contributed by atoms with E-state index in [9.17, 15) is 18.0 Å². The van der Waals surface area contributed by atoms with E-state index in [1.54, 1.807) is 30.3 Å². The number of anilines is 1. The Balaban J connectivity index is 1.72. The fourth-order valence-corrected chi connectivity index (χ4v) is 2.64. The third kappa shape index (κ3) is 4.43. The summed E-state index contributed by atoms with van der Waals surface area (Å²) in [4.78, 5) is 11.2. The van der Waals surface area contributed by atoms with Gasteiger partial charge in [0, 0.05) is 5.69 Å². The molecule has 0 unspecified atom stereocenters. The first-order chi connectivity index (χ1) is 13.2. The summed E-state index contributed by atoms with van der Waals surface area (Å²) in [6.45, 7) is 0.101. The Kier molecular flexibility index (Phi) is 5.26. The zero-order chi connectivity index (χ0) is 20.3. The molecule has 0 aromatic heterocycles. The van der Waals surface area contributed by atoms with Gasteiger partial charge >= 0.3 is 12.1 Å². The predicted octanol–water partition coefficient (Wildman–Crippen LogP) is 5.23. The van der Waals surface area contributed by atoms with E-state index in [1.165, 1.54) is 24.3 Å². The number of carboxylic acid groups (broad SMARTS) is 1. The van der Waals surface area contributed by atoms with E-state index in [2.05, 4.69) is 0 Å². The fourth-order valence-electron chi connectivity index (χ4n) is 2.64. The lowest BCUT2D eigenvalue weighted by atomic mass is 10.0. The van der Waals surface area contributed by atoms with Crippen LogP contribution in [-0.4, -0.2) is 11.1 Å². The van der Waals surface area contributed by atoms with Crippen molar-refractivity contribution in [1.82, 2.24) is 0 Å². The Morgan fingerprint density at radius 3 is 2.29 bits per heavy atom. The second kappa shape index (κ2) is 7.64. The minimum atomic E-state index is -4.42. The third-order valence-electron chi connectivity index (χ3n) is 4.14. The second-order valence-electron chi connectivity index (χ2n) is 6.12. The number of halogens is 3. The lowest BCUT2D eigenvalue weighted by molar-refractivity contribution is -0.137. The number of nitrogens with two attached hydrogens (primary N) is 1. The van der Waals surface area contributed by atoms with Crippen LogP contribution in [0.3, 0.4) is 0 Å². The van der Waals surface area contributed by atoms with Crippen LogP contribution in [0.25, 0.3) is 11.1 Å². The SMILES string of the molecule is Nc1ccc(-c2ccc(COc3cccc(C(F)(F)F)c3)cc2)cc1C(=O)O. The molecule has 0 heterocycles. The van der Waals surface area contributed by atoms with Crippen LogP contribution in [0.4, 0.5) is 18.9 Å². The second-order valence-corrected chi connectivity index (χ2v) is 6.12. The van der Waals surface area contributed by atoms with Crippen LogP contribution in [0, 0.1) is 0 Å². The summed E-state index contributed by atoms with van der Waals surface area (Å²) in [5.41, 5.74) is 7.33. The van der Waals surface area contributed by atoms with Gasteiger partial charge < -0.3 is 15.6 Å². The quantitative estimate of drug-likeness (QED) is 0.588. The summed E-state index contributed by atoms with van der Waals surface area (Å²) in [7, 11) is 0. The number of alkyl halides is 3. The molecule has 0 fully saturated rings. The molecule has 4 nitrogen and oxygen atoms in total. The van der Waals surface area contributed by atoms with E-state index >= 15 is 0 Å². The number of rotatable bonds is 5. The van der Waals surface area contributed by atoms with E-state index in [-0.39, 0.29) is 23.6 Å². The van der Waals surface area contributed by atoms with Crippen LogP contribution in [0.2, 0.25) is 0 Å². The van der Waals surface area contributed by atoms with E-state index in [0.717, 1.165) is 23.3 Å². The molecule has 0 aliphatic carbocycles. The van der Waals surface area contributed by atoms with Gasteiger partial charge in [0.1, 0.15) is 12.4 Å². The molecule has 0 spiro atoms. The van der Waals surface area contributed by atoms with E-state index < -0.39 is 17.7 Å². The van der Waals surface area contributed by atoms with Crippen LogP contribution in [0.15, 0.2) is 66.7 Å². The monoisotopic (exact) mass is 387 g/mol. The van der Waals surface area contributed by atoms with Crippen molar-refractivity contribution in [3.63, 3.8) is 0 Å². The number of aromatic carboxylic acids is 1. The van der Waals surface area contributed by atoms with Crippen molar-refractivity contribution in [3.05, 3.63) is 83.4 Å². The van der Waals surface area contributed by atoms with Crippen molar-refractivity contribution in [3.8, 4) is 16.9 Å². The molecule has 144 valence electrons. The van der Waals surface area contributed by atoms with Crippen LogP contribution in [-0.2, 0) is 12.8 Å². The van der Waals surface area contributed by atoms with Gasteiger partial charge in [-0.1, -0.05) is 36.4 Å². The molecule has 0 amide bonds. The highest BCUT2D eigenvalue weighted by atomic mass is 19.4. The predicted molar refractivity (Wildman–Crippen MR) is 99.0 cm³/mol. The summed E-state index contributed by atoms with van der Waals surface area (Å²) in [5, 5.41) is 9.16. The molecule has 3 aromatic rings. The van der Waals surface area contributed by atoms with E-state index in [4.69, 9.17) is 15.6 Å². The Morgan fingerprint density at radius 1 is 0.964 bits per heavy atom. The van der Waals surface area contributed by atoms with Gasteiger partial charge in [0.15, 0.2) is 0 Å². The number of carboxylic acids is 1. The smallest absolute Gasteiger partial charge is 0.416 e. The normalized spacial score (nSPS) is 11.2. The maximum absolute atomic E-state index is 12.7. The number of nitrogen functional groups attached to an aromatic ring is 1. The first kappa shape index (κ1) is 19.3. The van der Waals surface area contributed by atoms with Crippen LogP contribution >= 0.6 is 0 Å². The topological polar surface area (TPSA) is 72.5 Å². The van der Waals surface area contributed by atoms with Gasteiger partial charge in [0.2, 0.25) is 0 Å². The maximum Gasteiger partial charge on any atom is 0.416 e. The molecule has 0 aliphatic rings. The van der Waals surface area contributed by atoms with Gasteiger partial charge in [-0.2, -0.15) is 13.2 Å². The van der Waals surface area contributed by atoms with Crippen LogP contribution in [0.5, 0.6) is 5.75 Å². The number of hydrogen-bond donors (Lipinski definition) is 2. The zero-order valence-electron chi connectivity index (χ0n) is 14.5. The van der Waals surface area contributed by atoms with Crippen LogP contribution < -0.4 is 10.5 Å². The maximum atomic E-state index is 12.7. The van der Waals surface area contributed by atoms with Gasteiger partial charge in [0.05, 0.1) is 11.1 Å². The largest absolute Gasteiger partial charge is 0.489 e. The zero-order valence-corrected chi connectivity index (χ0v) is 14.5. The Bertz CT molecular complexity index is 999. The summed E-state index contributed by atoms with van der Waals surface area (Å²) < 4.78 is 43.7. The molecule has 7 heteroatoms. The summed E-state index contributed by atoms with van der Waals surface area (Å²) >= 11 is 0. The molecule has 0 saturated carbocycles. The number of benzene rings is 3. The molecule has 3 aromatic carbocycles. The van der Waals surface area contributed by atoms with Crippen LogP contribution in [0.1, 0.15) is 21.5 Å². The number of carbonyl (C=O) groups is 1. The van der Waals surface area contributed by atoms with Crippen molar-refractivity contribution >= 4 is 11.7 Å². The van der Waals surface area contributed by atoms with Gasteiger partial charge in [-0.15, -0.1) is 0 Å². The highest BCUT2D eigenvalue weighted by molar-refractivity contribution is 5.95. The van der Waals surface area contributed by atoms with Crippen molar-refractivity contribution in [1.29, 1.82) is 0 Å². The molecule has 0 saturated heterocycles. The molecule has 28 heavy (non-hydrogen) atoms. The van der Waals surface area contributed by atoms with Gasteiger partial charge in [-0.3, -0.25) is 0 Å².